The van der Waals surface area contributed by atoms with Crippen LogP contribution in [-0.4, -0.2) is 26.8 Å². The third-order valence-corrected chi connectivity index (χ3v) is 4.93. The number of rotatable bonds is 7. The Labute approximate surface area is 131 Å². The van der Waals surface area contributed by atoms with Crippen molar-refractivity contribution < 1.29 is 4.74 Å². The lowest BCUT2D eigenvalue weighted by Gasteiger charge is -2.25. The lowest BCUT2D eigenvalue weighted by molar-refractivity contribution is 0.198. The van der Waals surface area contributed by atoms with E-state index in [1.165, 1.54) is 31.2 Å². The maximum atomic E-state index is 6.18. The minimum absolute atomic E-state index is 0.518. The van der Waals surface area contributed by atoms with Crippen LogP contribution in [0.25, 0.3) is 0 Å². The molecule has 1 N–H and O–H groups in total. The first-order chi connectivity index (χ1) is 9.72. The van der Waals surface area contributed by atoms with Gasteiger partial charge >= 0.3 is 0 Å². The predicted molar refractivity (Wildman–Crippen MR) is 85.9 cm³/mol. The maximum Gasteiger partial charge on any atom is 0.0595 e. The summed E-state index contributed by atoms with van der Waals surface area (Å²) in [7, 11) is 1.73. The number of benzene rings is 1. The number of ether oxygens (including phenoxy) is 1. The van der Waals surface area contributed by atoms with Gasteiger partial charge in [-0.15, -0.1) is 0 Å². The highest BCUT2D eigenvalue weighted by atomic mass is 35.5. The largest absolute Gasteiger partial charge is 0.383 e. The van der Waals surface area contributed by atoms with E-state index >= 15 is 0 Å². The Kier molecular flexibility index (Phi) is 6.63. The monoisotopic (exact) mass is 315 g/mol. The zero-order valence-corrected chi connectivity index (χ0v) is 13.5. The van der Waals surface area contributed by atoms with E-state index in [2.05, 4.69) is 11.4 Å². The lowest BCUT2D eigenvalue weighted by atomic mass is 9.85. The maximum absolute atomic E-state index is 6.18. The number of nitrogens with one attached hydrogen (secondary N) is 1. The molecule has 0 aliphatic heterocycles. The van der Waals surface area contributed by atoms with E-state index in [-0.39, 0.29) is 0 Å². The number of hydrogen-bond acceptors (Lipinski definition) is 2. The molecule has 1 aromatic rings. The summed E-state index contributed by atoms with van der Waals surface area (Å²) in [6, 6.07) is 6.07. The molecule has 0 saturated heterocycles. The smallest absolute Gasteiger partial charge is 0.0595 e. The van der Waals surface area contributed by atoms with Crippen molar-refractivity contribution in [3.05, 3.63) is 33.8 Å². The summed E-state index contributed by atoms with van der Waals surface area (Å²) < 4.78 is 5.09. The first-order valence-electron chi connectivity index (χ1n) is 7.37. The Morgan fingerprint density at radius 3 is 2.65 bits per heavy atom. The average molecular weight is 316 g/mol. The van der Waals surface area contributed by atoms with E-state index in [9.17, 15) is 0 Å². The first kappa shape index (κ1) is 16.1. The van der Waals surface area contributed by atoms with Crippen LogP contribution in [0, 0.1) is 5.92 Å². The van der Waals surface area contributed by atoms with Gasteiger partial charge in [0.15, 0.2) is 0 Å². The molecule has 1 atom stereocenters. The topological polar surface area (TPSA) is 21.3 Å². The summed E-state index contributed by atoms with van der Waals surface area (Å²) in [6.07, 6.45) is 5.33. The van der Waals surface area contributed by atoms with Gasteiger partial charge < -0.3 is 10.1 Å². The molecule has 112 valence electrons. The number of methoxy groups -OCH3 is 1. The van der Waals surface area contributed by atoms with Crippen LogP contribution < -0.4 is 5.32 Å². The summed E-state index contributed by atoms with van der Waals surface area (Å²) in [5, 5.41) is 4.78. The van der Waals surface area contributed by atoms with E-state index in [0.29, 0.717) is 16.0 Å². The molecule has 1 unspecified atom stereocenters. The third kappa shape index (κ3) is 4.36. The van der Waals surface area contributed by atoms with Crippen molar-refractivity contribution in [3.8, 4) is 0 Å². The van der Waals surface area contributed by atoms with Crippen LogP contribution >= 0.6 is 23.2 Å². The lowest BCUT2D eigenvalue weighted by Crippen LogP contribution is -2.28. The molecular formula is C16H23Cl2NO. The number of hydrogen-bond donors (Lipinski definition) is 1. The van der Waals surface area contributed by atoms with Gasteiger partial charge in [0.25, 0.3) is 0 Å². The molecule has 2 nitrogen and oxygen atoms in total. The molecule has 0 amide bonds. The van der Waals surface area contributed by atoms with Gasteiger partial charge in [0.1, 0.15) is 0 Å². The van der Waals surface area contributed by atoms with Gasteiger partial charge in [-0.25, -0.2) is 0 Å². The number of halogens is 2. The molecule has 0 aromatic heterocycles. The fraction of sp³-hybridized carbons (Fsp3) is 0.625. The predicted octanol–water partition coefficient (Wildman–Crippen LogP) is 4.50. The van der Waals surface area contributed by atoms with E-state index in [4.69, 9.17) is 27.9 Å². The van der Waals surface area contributed by atoms with Crippen molar-refractivity contribution in [2.24, 2.45) is 5.92 Å². The second-order valence-corrected chi connectivity index (χ2v) is 6.34. The first-order valence-corrected chi connectivity index (χ1v) is 8.12. The molecule has 0 radical (unpaired) electrons. The molecule has 1 aliphatic carbocycles. The normalized spacial score (nSPS) is 17.6. The quantitative estimate of drug-likeness (QED) is 0.748. The summed E-state index contributed by atoms with van der Waals surface area (Å²) in [5.41, 5.74) is 1.30. The molecule has 4 heteroatoms. The Balaban J connectivity index is 2.06. The highest BCUT2D eigenvalue weighted by Gasteiger charge is 2.26. The van der Waals surface area contributed by atoms with Crippen molar-refractivity contribution in [2.75, 3.05) is 26.8 Å². The second kappa shape index (κ2) is 8.23. The van der Waals surface area contributed by atoms with Gasteiger partial charge in [-0.05, 0) is 42.4 Å². The summed E-state index contributed by atoms with van der Waals surface area (Å²) in [5.74, 6) is 1.27. The highest BCUT2D eigenvalue weighted by Crippen LogP contribution is 2.38. The molecule has 0 bridgehead atoms. The Morgan fingerprint density at radius 2 is 2.00 bits per heavy atom. The van der Waals surface area contributed by atoms with Gasteiger partial charge in [0.2, 0.25) is 0 Å². The third-order valence-electron chi connectivity index (χ3n) is 4.19. The minimum Gasteiger partial charge on any atom is -0.383 e. The van der Waals surface area contributed by atoms with E-state index in [1.807, 2.05) is 12.1 Å². The summed E-state index contributed by atoms with van der Waals surface area (Å²) >= 11 is 12.2. The van der Waals surface area contributed by atoms with Gasteiger partial charge in [0.05, 0.1) is 16.7 Å². The molecular weight excluding hydrogens is 293 g/mol. The van der Waals surface area contributed by atoms with Gasteiger partial charge in [0, 0.05) is 20.2 Å². The average Bonchev–Trinajstić information content (AvgIpc) is 2.96. The minimum atomic E-state index is 0.518. The molecule has 0 heterocycles. The molecule has 2 rings (SSSR count). The van der Waals surface area contributed by atoms with Crippen LogP contribution in [0.1, 0.15) is 37.2 Å². The molecule has 0 spiro atoms. The summed E-state index contributed by atoms with van der Waals surface area (Å²) in [6.45, 7) is 2.62. The second-order valence-electron chi connectivity index (χ2n) is 5.52. The molecule has 20 heavy (non-hydrogen) atoms. The van der Waals surface area contributed by atoms with Crippen LogP contribution in [0.3, 0.4) is 0 Å². The van der Waals surface area contributed by atoms with Crippen LogP contribution in [0.15, 0.2) is 18.2 Å². The Morgan fingerprint density at radius 1 is 1.25 bits per heavy atom. The van der Waals surface area contributed by atoms with E-state index < -0.39 is 0 Å². The van der Waals surface area contributed by atoms with Crippen molar-refractivity contribution >= 4 is 23.2 Å². The zero-order chi connectivity index (χ0) is 14.4. The van der Waals surface area contributed by atoms with Crippen LogP contribution in [0.4, 0.5) is 0 Å². The van der Waals surface area contributed by atoms with Crippen molar-refractivity contribution in [1.29, 1.82) is 0 Å². The van der Waals surface area contributed by atoms with Crippen molar-refractivity contribution in [3.63, 3.8) is 0 Å². The van der Waals surface area contributed by atoms with Gasteiger partial charge in [-0.1, -0.05) is 42.1 Å². The van der Waals surface area contributed by atoms with E-state index in [0.717, 1.165) is 25.6 Å². The standard InChI is InChI=1S/C16H23Cl2NO/c1-20-9-8-19-11-14(12-4-2-3-5-12)13-6-7-15(17)16(18)10-13/h6-7,10,12,14,19H,2-5,8-9,11H2,1H3. The molecule has 1 saturated carbocycles. The van der Waals surface area contributed by atoms with Crippen LogP contribution in [-0.2, 0) is 4.74 Å². The fourth-order valence-corrected chi connectivity index (χ4v) is 3.40. The van der Waals surface area contributed by atoms with Gasteiger partial charge in [-0.2, -0.15) is 0 Å². The molecule has 1 aliphatic rings. The highest BCUT2D eigenvalue weighted by molar-refractivity contribution is 6.42. The fourth-order valence-electron chi connectivity index (χ4n) is 3.09. The van der Waals surface area contributed by atoms with Crippen molar-refractivity contribution in [2.45, 2.75) is 31.6 Å². The zero-order valence-electron chi connectivity index (χ0n) is 12.0. The van der Waals surface area contributed by atoms with Crippen LogP contribution in [0.2, 0.25) is 10.0 Å². The Bertz CT molecular complexity index is 419. The van der Waals surface area contributed by atoms with E-state index in [1.54, 1.807) is 7.11 Å². The molecule has 1 aromatic carbocycles. The summed E-state index contributed by atoms with van der Waals surface area (Å²) in [4.78, 5) is 0. The van der Waals surface area contributed by atoms with Crippen molar-refractivity contribution in [1.82, 2.24) is 5.32 Å². The molecule has 1 fully saturated rings. The van der Waals surface area contributed by atoms with Gasteiger partial charge in [-0.3, -0.25) is 0 Å². The Hall–Kier alpha value is -0.280. The SMILES string of the molecule is COCCNCC(c1ccc(Cl)c(Cl)c1)C1CCCC1. The van der Waals surface area contributed by atoms with Crippen LogP contribution in [0.5, 0.6) is 0 Å².